The fourth-order valence-corrected chi connectivity index (χ4v) is 5.48. The highest BCUT2D eigenvalue weighted by Gasteiger charge is 2.38. The van der Waals surface area contributed by atoms with Crippen molar-refractivity contribution in [3.8, 4) is 0 Å². The van der Waals surface area contributed by atoms with Gasteiger partial charge < -0.3 is 25.2 Å². The molecule has 5 unspecified atom stereocenters. The number of carboxylic acids is 1. The van der Waals surface area contributed by atoms with Crippen molar-refractivity contribution in [2.24, 2.45) is 5.92 Å². The van der Waals surface area contributed by atoms with Crippen LogP contribution in [0.3, 0.4) is 0 Å². The number of thiazole rings is 1. The van der Waals surface area contributed by atoms with Gasteiger partial charge in [0.15, 0.2) is 12.4 Å². The zero-order valence-corrected chi connectivity index (χ0v) is 25.0. The van der Waals surface area contributed by atoms with Crippen molar-refractivity contribution in [1.82, 2.24) is 20.1 Å². The van der Waals surface area contributed by atoms with Gasteiger partial charge in [-0.15, -0.1) is 11.3 Å². The number of nitrogens with one attached hydrogen (secondary N) is 1. The number of piperidine rings is 1. The number of ether oxygens (including phenoxy) is 1. The van der Waals surface area contributed by atoms with Gasteiger partial charge in [-0.2, -0.15) is 0 Å². The zero-order chi connectivity index (χ0) is 30.0. The molecule has 0 spiro atoms. The first-order valence-electron chi connectivity index (χ1n) is 13.9. The number of rotatable bonds is 15. The second-order valence-electron chi connectivity index (χ2n) is 10.6. The lowest BCUT2D eigenvalue weighted by Crippen LogP contribution is -2.58. The molecular formula is C28H44N4O7S. The second-order valence-corrected chi connectivity index (χ2v) is 11.4. The van der Waals surface area contributed by atoms with Gasteiger partial charge in [-0.25, -0.2) is 9.78 Å². The Morgan fingerprint density at radius 2 is 2.00 bits per heavy atom. The van der Waals surface area contributed by atoms with Crippen LogP contribution in [0.25, 0.3) is 0 Å². The Kier molecular flexibility index (Phi) is 13.2. The fraction of sp³-hybridized carbons (Fsp3) is 0.679. The first-order valence-corrected chi connectivity index (χ1v) is 14.8. The number of hydrogen-bond acceptors (Lipinski definition) is 9. The van der Waals surface area contributed by atoms with E-state index in [4.69, 9.17) is 4.74 Å². The highest BCUT2D eigenvalue weighted by molar-refractivity contribution is 7.09. The van der Waals surface area contributed by atoms with E-state index in [0.717, 1.165) is 30.7 Å². The lowest BCUT2D eigenvalue weighted by atomic mass is 9.94. The maximum Gasteiger partial charge on any atom is 0.355 e. The Morgan fingerprint density at radius 1 is 1.30 bits per heavy atom. The van der Waals surface area contributed by atoms with Gasteiger partial charge in [-0.05, 0) is 45.7 Å². The van der Waals surface area contributed by atoms with Crippen molar-refractivity contribution in [3.63, 3.8) is 0 Å². The molecule has 224 valence electrons. The number of aromatic nitrogens is 1. The molecule has 2 heterocycles. The maximum atomic E-state index is 14.2. The number of aromatic carboxylic acids is 1. The van der Waals surface area contributed by atoms with Crippen LogP contribution in [0.4, 0.5) is 0 Å². The van der Waals surface area contributed by atoms with Gasteiger partial charge >= 0.3 is 11.9 Å². The summed E-state index contributed by atoms with van der Waals surface area (Å²) in [5.41, 5.74) is 0.342. The van der Waals surface area contributed by atoms with Gasteiger partial charge in [-0.1, -0.05) is 45.8 Å². The molecule has 2 rings (SSSR count). The van der Waals surface area contributed by atoms with Gasteiger partial charge in [0.05, 0.1) is 12.1 Å². The molecule has 1 aromatic heterocycles. The van der Waals surface area contributed by atoms with Crippen LogP contribution in [-0.2, 0) is 19.1 Å². The summed E-state index contributed by atoms with van der Waals surface area (Å²) in [6.45, 7) is 11.8. The largest absolute Gasteiger partial charge is 0.476 e. The first-order chi connectivity index (χ1) is 18.9. The van der Waals surface area contributed by atoms with E-state index in [0.29, 0.717) is 24.8 Å². The number of likely N-dealkylation sites (N-methyl/N-ethyl adjacent to an activating group) is 1. The van der Waals surface area contributed by atoms with E-state index in [1.54, 1.807) is 6.92 Å². The Bertz CT molecular complexity index is 1050. The predicted octanol–water partition coefficient (Wildman–Crippen LogP) is 3.35. The molecule has 0 saturated carbocycles. The molecule has 1 saturated heterocycles. The molecule has 1 fully saturated rings. The van der Waals surface area contributed by atoms with E-state index in [1.165, 1.54) is 10.3 Å². The molecule has 5 atom stereocenters. The molecule has 0 radical (unpaired) electrons. The number of aliphatic hydroxyl groups is 1. The number of aliphatic hydroxyl groups excluding tert-OH is 1. The van der Waals surface area contributed by atoms with Crippen molar-refractivity contribution >= 4 is 35.1 Å². The normalized spacial score (nSPS) is 18.7. The third kappa shape index (κ3) is 9.10. The standard InChI is InChI=1S/C28H44N4O7S/c1-7-11-23(34)39-16-32(21(17(3)4)14-22(33)26-29-19(15-40-26)28(37)38)27(36)24(18(5)8-2)30-25(35)20-12-9-10-13-31(20)6/h15,18,20-22,24,33H,3,7-14,16H2,1-2,4-6H3,(H,30,35)(H,37,38). The molecular weight excluding hydrogens is 536 g/mol. The molecule has 1 aliphatic rings. The summed E-state index contributed by atoms with van der Waals surface area (Å²) in [4.78, 5) is 58.4. The van der Waals surface area contributed by atoms with Crippen molar-refractivity contribution in [2.75, 3.05) is 20.3 Å². The maximum absolute atomic E-state index is 14.2. The molecule has 11 nitrogen and oxygen atoms in total. The number of esters is 1. The van der Waals surface area contributed by atoms with E-state index in [1.807, 2.05) is 32.7 Å². The molecule has 40 heavy (non-hydrogen) atoms. The van der Waals surface area contributed by atoms with Gasteiger partial charge in [0, 0.05) is 18.2 Å². The van der Waals surface area contributed by atoms with Crippen LogP contribution in [0.15, 0.2) is 17.5 Å². The van der Waals surface area contributed by atoms with Gasteiger partial charge in [-0.3, -0.25) is 19.3 Å². The lowest BCUT2D eigenvalue weighted by molar-refractivity contribution is -0.157. The molecule has 3 N–H and O–H groups in total. The quantitative estimate of drug-likeness (QED) is 0.161. The second kappa shape index (κ2) is 15.8. The van der Waals surface area contributed by atoms with Gasteiger partial charge in [0.2, 0.25) is 11.8 Å². The summed E-state index contributed by atoms with van der Waals surface area (Å²) in [6, 6.07) is -2.01. The Hall–Kier alpha value is -2.83. The summed E-state index contributed by atoms with van der Waals surface area (Å²) in [5, 5.41) is 24.7. The average molecular weight is 581 g/mol. The minimum absolute atomic E-state index is 0.0501. The predicted molar refractivity (Wildman–Crippen MR) is 152 cm³/mol. The number of carboxylic acid groups (broad SMARTS) is 1. The molecule has 0 aromatic carbocycles. The summed E-state index contributed by atoms with van der Waals surface area (Å²) in [6.07, 6.45) is 2.76. The summed E-state index contributed by atoms with van der Waals surface area (Å²) < 4.78 is 5.45. The average Bonchev–Trinajstić information content (AvgIpc) is 3.41. The van der Waals surface area contributed by atoms with Crippen molar-refractivity contribution in [3.05, 3.63) is 28.2 Å². The highest BCUT2D eigenvalue weighted by Crippen LogP contribution is 2.28. The molecule has 0 bridgehead atoms. The molecule has 0 aliphatic carbocycles. The number of hydrogen-bond donors (Lipinski definition) is 3. The van der Waals surface area contributed by atoms with Crippen molar-refractivity contribution < 1.29 is 34.1 Å². The summed E-state index contributed by atoms with van der Waals surface area (Å²) in [7, 11) is 1.90. The number of carbonyl (C=O) groups is 4. The third-order valence-electron chi connectivity index (χ3n) is 7.37. The van der Waals surface area contributed by atoms with Crippen molar-refractivity contribution in [1.29, 1.82) is 0 Å². The number of likely N-dealkylation sites (tertiary alicyclic amines) is 1. The van der Waals surface area contributed by atoms with Crippen LogP contribution in [0.5, 0.6) is 0 Å². The van der Waals surface area contributed by atoms with E-state index in [2.05, 4.69) is 16.9 Å². The molecule has 1 aliphatic heterocycles. The Morgan fingerprint density at radius 3 is 2.55 bits per heavy atom. The fourth-order valence-electron chi connectivity index (χ4n) is 4.69. The van der Waals surface area contributed by atoms with Gasteiger partial charge in [0.25, 0.3) is 0 Å². The number of nitrogens with zero attached hydrogens (tertiary/aromatic N) is 3. The zero-order valence-electron chi connectivity index (χ0n) is 24.2. The molecule has 12 heteroatoms. The van der Waals surface area contributed by atoms with Gasteiger partial charge in [0.1, 0.15) is 17.2 Å². The summed E-state index contributed by atoms with van der Waals surface area (Å²) >= 11 is 1.00. The highest BCUT2D eigenvalue weighted by atomic mass is 32.1. The third-order valence-corrected chi connectivity index (χ3v) is 8.32. The van der Waals surface area contributed by atoms with E-state index < -0.39 is 36.0 Å². The van der Waals surface area contributed by atoms with Crippen LogP contribution in [0.1, 0.15) is 94.2 Å². The van der Waals surface area contributed by atoms with Crippen LogP contribution < -0.4 is 5.32 Å². The molecule has 2 amide bonds. The number of carbonyl (C=O) groups excluding carboxylic acids is 3. The van der Waals surface area contributed by atoms with Crippen molar-refractivity contribution in [2.45, 2.75) is 96.9 Å². The van der Waals surface area contributed by atoms with Crippen LogP contribution in [0.2, 0.25) is 0 Å². The SMILES string of the molecule is C=C(C)C(CC(O)c1nc(C(=O)O)cs1)N(COC(=O)CCC)C(=O)C(NC(=O)C1CCCCN1C)C(C)CC. The van der Waals surface area contributed by atoms with Crippen LogP contribution in [-0.4, -0.2) is 87.2 Å². The Labute approximate surface area is 240 Å². The molecule has 1 aromatic rings. The minimum Gasteiger partial charge on any atom is -0.476 e. The topological polar surface area (TPSA) is 149 Å². The first kappa shape index (κ1) is 33.4. The monoisotopic (exact) mass is 580 g/mol. The lowest BCUT2D eigenvalue weighted by Gasteiger charge is -2.38. The number of amides is 2. The smallest absolute Gasteiger partial charge is 0.355 e. The van der Waals surface area contributed by atoms with Crippen LogP contribution >= 0.6 is 11.3 Å². The minimum atomic E-state index is -1.21. The summed E-state index contributed by atoms with van der Waals surface area (Å²) in [5.74, 6) is -2.58. The van der Waals surface area contributed by atoms with Crippen LogP contribution in [0, 0.1) is 5.92 Å². The van der Waals surface area contributed by atoms with E-state index in [9.17, 15) is 29.4 Å². The van der Waals surface area contributed by atoms with E-state index in [-0.39, 0.29) is 48.1 Å². The van der Waals surface area contributed by atoms with E-state index >= 15 is 0 Å². The Balaban J connectivity index is 2.38.